The Bertz CT molecular complexity index is 760. The molecule has 0 saturated heterocycles. The molecule has 0 saturated carbocycles. The Hall–Kier alpha value is -2.40. The van der Waals surface area contributed by atoms with E-state index in [1.807, 2.05) is 0 Å². The summed E-state index contributed by atoms with van der Waals surface area (Å²) < 4.78 is 17.9. The van der Waals surface area contributed by atoms with Gasteiger partial charge in [0.1, 0.15) is 5.82 Å². The van der Waals surface area contributed by atoms with Gasteiger partial charge in [0.2, 0.25) is 0 Å². The molecule has 0 fully saturated rings. The van der Waals surface area contributed by atoms with Gasteiger partial charge in [-0.3, -0.25) is 4.79 Å². The SMILES string of the molecule is COC(=O)C1C(=O)c2cc(Cl)ccc2N1c1ccc(F)cc1. The molecular formula is C16H11ClFNO3. The van der Waals surface area contributed by atoms with Gasteiger partial charge in [0.05, 0.1) is 12.8 Å². The van der Waals surface area contributed by atoms with Gasteiger partial charge < -0.3 is 9.64 Å². The molecule has 0 bridgehead atoms. The van der Waals surface area contributed by atoms with Gasteiger partial charge in [-0.25, -0.2) is 9.18 Å². The van der Waals surface area contributed by atoms with Crippen LogP contribution in [0.3, 0.4) is 0 Å². The van der Waals surface area contributed by atoms with Crippen molar-refractivity contribution in [2.45, 2.75) is 6.04 Å². The summed E-state index contributed by atoms with van der Waals surface area (Å²) >= 11 is 5.93. The third kappa shape index (κ3) is 2.23. The van der Waals surface area contributed by atoms with Crippen LogP contribution in [0.5, 0.6) is 0 Å². The zero-order valence-corrected chi connectivity index (χ0v) is 12.3. The number of nitrogens with zero attached hydrogens (tertiary/aromatic N) is 1. The number of methoxy groups -OCH3 is 1. The number of ether oxygens (including phenoxy) is 1. The molecule has 1 aliphatic rings. The van der Waals surface area contributed by atoms with Gasteiger partial charge in [-0.1, -0.05) is 11.6 Å². The zero-order valence-electron chi connectivity index (χ0n) is 11.5. The number of esters is 1. The normalized spacial score (nSPS) is 16.6. The summed E-state index contributed by atoms with van der Waals surface area (Å²) in [5, 5.41) is 0.400. The molecule has 0 N–H and O–H groups in total. The second-order valence-corrected chi connectivity index (χ2v) is 5.23. The molecule has 0 amide bonds. The number of halogens is 2. The first-order valence-electron chi connectivity index (χ1n) is 6.49. The van der Waals surface area contributed by atoms with Gasteiger partial charge >= 0.3 is 5.97 Å². The summed E-state index contributed by atoms with van der Waals surface area (Å²) in [5.74, 6) is -1.48. The molecule has 4 nitrogen and oxygen atoms in total. The highest BCUT2D eigenvalue weighted by Crippen LogP contribution is 2.39. The van der Waals surface area contributed by atoms with Crippen LogP contribution in [0.1, 0.15) is 10.4 Å². The Kier molecular flexibility index (Phi) is 3.58. The van der Waals surface area contributed by atoms with Crippen LogP contribution in [0.15, 0.2) is 42.5 Å². The van der Waals surface area contributed by atoms with Crippen molar-refractivity contribution in [2.75, 3.05) is 12.0 Å². The number of benzene rings is 2. The second-order valence-electron chi connectivity index (χ2n) is 4.80. The third-order valence-electron chi connectivity index (χ3n) is 3.52. The molecule has 0 aliphatic carbocycles. The van der Waals surface area contributed by atoms with Gasteiger partial charge in [-0.15, -0.1) is 0 Å². The topological polar surface area (TPSA) is 46.6 Å². The van der Waals surface area contributed by atoms with Crippen LogP contribution in [0, 0.1) is 5.82 Å². The maximum absolute atomic E-state index is 13.1. The van der Waals surface area contributed by atoms with E-state index in [0.29, 0.717) is 22.0 Å². The highest BCUT2D eigenvalue weighted by molar-refractivity contribution is 6.32. The molecule has 0 radical (unpaired) electrons. The molecule has 1 heterocycles. The number of hydrogen-bond donors (Lipinski definition) is 0. The van der Waals surface area contributed by atoms with Crippen LogP contribution >= 0.6 is 11.6 Å². The average molecular weight is 320 g/mol. The van der Waals surface area contributed by atoms with Crippen LogP contribution in [-0.4, -0.2) is 24.9 Å². The summed E-state index contributed by atoms with van der Waals surface area (Å²) in [7, 11) is 1.22. The molecular weight excluding hydrogens is 309 g/mol. The summed E-state index contributed by atoms with van der Waals surface area (Å²) in [6.45, 7) is 0. The van der Waals surface area contributed by atoms with Crippen molar-refractivity contribution in [1.29, 1.82) is 0 Å². The number of Topliss-reactive ketones (excluding diaryl/α,β-unsaturated/α-hetero) is 1. The van der Waals surface area contributed by atoms with Crippen LogP contribution in [0.25, 0.3) is 0 Å². The number of anilines is 2. The maximum Gasteiger partial charge on any atom is 0.337 e. The monoisotopic (exact) mass is 319 g/mol. The minimum Gasteiger partial charge on any atom is -0.467 e. The molecule has 1 unspecified atom stereocenters. The lowest BCUT2D eigenvalue weighted by Crippen LogP contribution is -2.40. The van der Waals surface area contributed by atoms with Crippen molar-refractivity contribution >= 4 is 34.7 Å². The van der Waals surface area contributed by atoms with Gasteiger partial charge in [0, 0.05) is 16.3 Å². The molecule has 22 heavy (non-hydrogen) atoms. The first kappa shape index (κ1) is 14.5. The van der Waals surface area contributed by atoms with Gasteiger partial charge in [0.25, 0.3) is 0 Å². The van der Waals surface area contributed by atoms with E-state index >= 15 is 0 Å². The number of fused-ring (bicyclic) bond motifs is 1. The Labute approximate surface area is 131 Å². The number of ketones is 1. The van der Waals surface area contributed by atoms with Crippen molar-refractivity contribution in [3.8, 4) is 0 Å². The van der Waals surface area contributed by atoms with E-state index in [2.05, 4.69) is 0 Å². The molecule has 1 aliphatic heterocycles. The largest absolute Gasteiger partial charge is 0.467 e. The first-order chi connectivity index (χ1) is 10.5. The standard InChI is InChI=1S/C16H11ClFNO3/c1-22-16(21)14-15(20)12-8-9(17)2-7-13(12)19(14)11-5-3-10(18)4-6-11/h2-8,14H,1H3. The molecule has 2 aromatic carbocycles. The fraction of sp³-hybridized carbons (Fsp3) is 0.125. The average Bonchev–Trinajstić information content (AvgIpc) is 2.80. The Morgan fingerprint density at radius 3 is 2.55 bits per heavy atom. The van der Waals surface area contributed by atoms with Crippen LogP contribution < -0.4 is 4.90 Å². The van der Waals surface area contributed by atoms with E-state index in [1.165, 1.54) is 42.3 Å². The third-order valence-corrected chi connectivity index (χ3v) is 3.75. The van der Waals surface area contributed by atoms with Crippen molar-refractivity contribution in [3.63, 3.8) is 0 Å². The fourth-order valence-corrected chi connectivity index (χ4v) is 2.71. The second kappa shape index (κ2) is 5.42. The molecule has 0 aromatic heterocycles. The Morgan fingerprint density at radius 1 is 1.23 bits per heavy atom. The maximum atomic E-state index is 13.1. The number of hydrogen-bond acceptors (Lipinski definition) is 4. The van der Waals surface area contributed by atoms with E-state index in [-0.39, 0.29) is 0 Å². The predicted molar refractivity (Wildman–Crippen MR) is 80.1 cm³/mol. The van der Waals surface area contributed by atoms with Crippen molar-refractivity contribution in [3.05, 3.63) is 58.9 Å². The number of carbonyl (C=O) groups excluding carboxylic acids is 2. The molecule has 6 heteroatoms. The van der Waals surface area contributed by atoms with Crippen molar-refractivity contribution in [1.82, 2.24) is 0 Å². The smallest absolute Gasteiger partial charge is 0.337 e. The van der Waals surface area contributed by atoms with E-state index in [4.69, 9.17) is 16.3 Å². The molecule has 1 atom stereocenters. The van der Waals surface area contributed by atoms with Crippen LogP contribution in [0.2, 0.25) is 5.02 Å². The van der Waals surface area contributed by atoms with Gasteiger partial charge in [-0.2, -0.15) is 0 Å². The lowest BCUT2D eigenvalue weighted by molar-refractivity contribution is -0.140. The molecule has 112 valence electrons. The highest BCUT2D eigenvalue weighted by atomic mass is 35.5. The lowest BCUT2D eigenvalue weighted by atomic mass is 10.1. The summed E-state index contributed by atoms with van der Waals surface area (Å²) in [6.07, 6.45) is 0. The lowest BCUT2D eigenvalue weighted by Gasteiger charge is -2.24. The van der Waals surface area contributed by atoms with E-state index < -0.39 is 23.6 Å². The number of rotatable bonds is 2. The Morgan fingerprint density at radius 2 is 1.91 bits per heavy atom. The van der Waals surface area contributed by atoms with Gasteiger partial charge in [0.15, 0.2) is 11.8 Å². The first-order valence-corrected chi connectivity index (χ1v) is 6.87. The van der Waals surface area contributed by atoms with Crippen molar-refractivity contribution < 1.29 is 18.7 Å². The van der Waals surface area contributed by atoms with E-state index in [1.54, 1.807) is 12.1 Å². The zero-order chi connectivity index (χ0) is 15.9. The molecule has 3 rings (SSSR count). The van der Waals surface area contributed by atoms with Crippen molar-refractivity contribution in [2.24, 2.45) is 0 Å². The molecule has 2 aromatic rings. The summed E-state index contributed by atoms with van der Waals surface area (Å²) in [6, 6.07) is 9.20. The Balaban J connectivity index is 2.17. The van der Waals surface area contributed by atoms with Crippen LogP contribution in [0.4, 0.5) is 15.8 Å². The van der Waals surface area contributed by atoms with E-state index in [9.17, 15) is 14.0 Å². The van der Waals surface area contributed by atoms with E-state index in [0.717, 1.165) is 0 Å². The summed E-state index contributed by atoms with van der Waals surface area (Å²) in [4.78, 5) is 26.1. The number of carbonyl (C=O) groups is 2. The van der Waals surface area contributed by atoms with Crippen LogP contribution in [-0.2, 0) is 9.53 Å². The fourth-order valence-electron chi connectivity index (χ4n) is 2.53. The minimum absolute atomic E-state index is 0.340. The molecule has 0 spiro atoms. The minimum atomic E-state index is -1.14. The quantitative estimate of drug-likeness (QED) is 0.629. The van der Waals surface area contributed by atoms with Gasteiger partial charge in [-0.05, 0) is 42.5 Å². The predicted octanol–water partition coefficient (Wildman–Crippen LogP) is 3.36. The summed E-state index contributed by atoms with van der Waals surface area (Å²) in [5.41, 5.74) is 1.40. The highest BCUT2D eigenvalue weighted by Gasteiger charge is 2.43.